The molecule has 0 unspecified atom stereocenters. The largest absolute Gasteiger partial charge is 0.480 e. The van der Waals surface area contributed by atoms with Crippen LogP contribution in [0.3, 0.4) is 0 Å². The second kappa shape index (κ2) is 4.76. The third-order valence-corrected chi connectivity index (χ3v) is 4.01. The van der Waals surface area contributed by atoms with Crippen LogP contribution in [0.15, 0.2) is 35.4 Å². The van der Waals surface area contributed by atoms with Crippen molar-refractivity contribution in [1.82, 2.24) is 5.32 Å². The molecule has 0 aliphatic carbocycles. The summed E-state index contributed by atoms with van der Waals surface area (Å²) in [4.78, 5) is 25.5. The molecule has 0 bridgehead atoms. The third-order valence-electron chi connectivity index (χ3n) is 4.01. The highest BCUT2D eigenvalue weighted by molar-refractivity contribution is 6.10. The summed E-state index contributed by atoms with van der Waals surface area (Å²) in [6.07, 6.45) is 0.373. The number of hydrogen-bond donors (Lipinski definition) is 2. The van der Waals surface area contributed by atoms with Gasteiger partial charge >= 0.3 is 5.97 Å². The Labute approximate surface area is 116 Å². The lowest BCUT2D eigenvalue weighted by Gasteiger charge is -2.27. The van der Waals surface area contributed by atoms with Gasteiger partial charge in [0.15, 0.2) is 0 Å². The smallest absolute Gasteiger partial charge is 0.327 e. The van der Waals surface area contributed by atoms with E-state index in [4.69, 9.17) is 0 Å². The van der Waals surface area contributed by atoms with E-state index in [1.807, 2.05) is 24.3 Å². The topological polar surface area (TPSA) is 69.6 Å². The predicted molar refractivity (Wildman–Crippen MR) is 74.6 cm³/mol. The first-order valence-corrected chi connectivity index (χ1v) is 6.63. The second-order valence-electron chi connectivity index (χ2n) is 5.19. The zero-order valence-corrected chi connectivity index (χ0v) is 11.2. The molecular weight excluding hydrogens is 256 g/mol. The van der Waals surface area contributed by atoms with E-state index in [2.05, 4.69) is 5.32 Å². The lowest BCUT2D eigenvalue weighted by Crippen LogP contribution is -2.45. The minimum absolute atomic E-state index is 0.196. The Hall–Kier alpha value is -2.14. The summed E-state index contributed by atoms with van der Waals surface area (Å²) < 4.78 is 0. The molecule has 5 heteroatoms. The number of carbonyl (C=O) groups is 2. The van der Waals surface area contributed by atoms with E-state index in [0.29, 0.717) is 25.1 Å². The van der Waals surface area contributed by atoms with Gasteiger partial charge in [-0.15, -0.1) is 0 Å². The van der Waals surface area contributed by atoms with Crippen molar-refractivity contribution in [2.75, 3.05) is 18.0 Å². The maximum atomic E-state index is 12.6. The van der Waals surface area contributed by atoms with E-state index in [9.17, 15) is 14.7 Å². The van der Waals surface area contributed by atoms with Crippen LogP contribution in [0.1, 0.15) is 12.5 Å². The summed E-state index contributed by atoms with van der Waals surface area (Å²) in [6, 6.07) is 6.59. The van der Waals surface area contributed by atoms with Crippen LogP contribution in [0.4, 0.5) is 5.69 Å². The fourth-order valence-corrected chi connectivity index (χ4v) is 2.68. The molecule has 104 valence electrons. The van der Waals surface area contributed by atoms with Crippen molar-refractivity contribution >= 4 is 17.6 Å². The molecular formula is C15H16N2O3. The van der Waals surface area contributed by atoms with E-state index < -0.39 is 12.0 Å². The van der Waals surface area contributed by atoms with Crippen LogP contribution in [0.2, 0.25) is 0 Å². The van der Waals surface area contributed by atoms with Crippen LogP contribution in [0.5, 0.6) is 0 Å². The van der Waals surface area contributed by atoms with Gasteiger partial charge in [0.25, 0.3) is 5.91 Å². The summed E-state index contributed by atoms with van der Waals surface area (Å²) in [5.74, 6) is -1.15. The van der Waals surface area contributed by atoms with Crippen LogP contribution in [-0.4, -0.2) is 36.1 Å². The SMILES string of the molecule is CC(C(=O)N1c2ccccc2C[C@H]1C(=O)O)=C1CNC1. The fourth-order valence-electron chi connectivity index (χ4n) is 2.68. The Kier molecular flexibility index (Phi) is 3.06. The standard InChI is InChI=1S/C15H16N2O3/c1-9(11-7-16-8-11)14(18)17-12-5-3-2-4-10(12)6-13(17)15(19)20/h2-5,13,16H,6-8H2,1H3,(H,19,20)/t13-/m0/s1. The Morgan fingerprint density at radius 2 is 2.00 bits per heavy atom. The summed E-state index contributed by atoms with van der Waals surface area (Å²) in [5.41, 5.74) is 3.35. The van der Waals surface area contributed by atoms with E-state index in [-0.39, 0.29) is 5.91 Å². The number of carboxylic acid groups (broad SMARTS) is 1. The van der Waals surface area contributed by atoms with Gasteiger partial charge in [0.2, 0.25) is 0 Å². The highest BCUT2D eigenvalue weighted by Crippen LogP contribution is 2.33. The zero-order valence-electron chi connectivity index (χ0n) is 11.2. The van der Waals surface area contributed by atoms with Crippen molar-refractivity contribution in [3.05, 3.63) is 41.0 Å². The van der Waals surface area contributed by atoms with Gasteiger partial charge in [0.1, 0.15) is 6.04 Å². The van der Waals surface area contributed by atoms with Crippen molar-refractivity contribution in [2.24, 2.45) is 0 Å². The number of aliphatic carboxylic acids is 1. The van der Waals surface area contributed by atoms with Gasteiger partial charge in [-0.25, -0.2) is 4.79 Å². The Morgan fingerprint density at radius 1 is 1.30 bits per heavy atom. The lowest BCUT2D eigenvalue weighted by molar-refractivity contribution is -0.139. The van der Waals surface area contributed by atoms with Gasteiger partial charge in [-0.05, 0) is 24.1 Å². The molecule has 0 aromatic heterocycles. The Balaban J connectivity index is 2.00. The van der Waals surface area contributed by atoms with E-state index in [1.54, 1.807) is 6.92 Å². The van der Waals surface area contributed by atoms with Crippen LogP contribution in [0.25, 0.3) is 0 Å². The molecule has 1 atom stereocenters. The van der Waals surface area contributed by atoms with Crippen LogP contribution in [-0.2, 0) is 16.0 Å². The maximum absolute atomic E-state index is 12.6. The van der Waals surface area contributed by atoms with Crippen LogP contribution in [0, 0.1) is 0 Å². The minimum Gasteiger partial charge on any atom is -0.480 e. The van der Waals surface area contributed by atoms with Gasteiger partial charge in [0, 0.05) is 30.8 Å². The van der Waals surface area contributed by atoms with Gasteiger partial charge in [0.05, 0.1) is 0 Å². The highest BCUT2D eigenvalue weighted by Gasteiger charge is 2.39. The molecule has 2 heterocycles. The fraction of sp³-hybridized carbons (Fsp3) is 0.333. The average molecular weight is 272 g/mol. The molecule has 5 nitrogen and oxygen atoms in total. The highest BCUT2D eigenvalue weighted by atomic mass is 16.4. The number of para-hydroxylation sites is 1. The number of nitrogens with zero attached hydrogens (tertiary/aromatic N) is 1. The van der Waals surface area contributed by atoms with Crippen molar-refractivity contribution in [2.45, 2.75) is 19.4 Å². The Bertz CT molecular complexity index is 615. The van der Waals surface area contributed by atoms with Crippen molar-refractivity contribution in [1.29, 1.82) is 0 Å². The van der Waals surface area contributed by atoms with Crippen LogP contribution >= 0.6 is 0 Å². The molecule has 0 spiro atoms. The third kappa shape index (κ3) is 1.91. The van der Waals surface area contributed by atoms with Gasteiger partial charge in [-0.2, -0.15) is 0 Å². The molecule has 1 aromatic rings. The summed E-state index contributed by atoms with van der Waals surface area (Å²) >= 11 is 0. The summed E-state index contributed by atoms with van der Waals surface area (Å²) in [7, 11) is 0. The van der Waals surface area contributed by atoms with Crippen molar-refractivity contribution in [3.8, 4) is 0 Å². The molecule has 2 aliphatic rings. The minimum atomic E-state index is -0.959. The number of benzene rings is 1. The van der Waals surface area contributed by atoms with Gasteiger partial charge in [-0.3, -0.25) is 9.69 Å². The number of fused-ring (bicyclic) bond motifs is 1. The summed E-state index contributed by atoms with van der Waals surface area (Å²) in [6.45, 7) is 3.20. The molecule has 0 saturated carbocycles. The lowest BCUT2D eigenvalue weighted by atomic mass is 10.0. The monoisotopic (exact) mass is 272 g/mol. The number of hydrogen-bond acceptors (Lipinski definition) is 3. The van der Waals surface area contributed by atoms with Gasteiger partial charge in [-0.1, -0.05) is 18.2 Å². The number of carboxylic acids is 1. The first-order chi connectivity index (χ1) is 9.59. The quantitative estimate of drug-likeness (QED) is 0.786. The van der Waals surface area contributed by atoms with Crippen LogP contribution < -0.4 is 10.2 Å². The molecule has 2 N–H and O–H groups in total. The summed E-state index contributed by atoms with van der Waals surface area (Å²) in [5, 5.41) is 12.5. The first kappa shape index (κ1) is 12.9. The normalized spacial score (nSPS) is 20.4. The number of nitrogens with one attached hydrogen (secondary N) is 1. The number of rotatable bonds is 2. The zero-order chi connectivity index (χ0) is 14.3. The van der Waals surface area contributed by atoms with Gasteiger partial charge < -0.3 is 10.4 Å². The van der Waals surface area contributed by atoms with Crippen molar-refractivity contribution < 1.29 is 14.7 Å². The predicted octanol–water partition coefficient (Wildman–Crippen LogP) is 0.949. The molecule has 3 rings (SSSR count). The molecule has 1 aromatic carbocycles. The maximum Gasteiger partial charge on any atom is 0.327 e. The number of anilines is 1. The number of amides is 1. The van der Waals surface area contributed by atoms with E-state index in [1.165, 1.54) is 4.90 Å². The molecule has 1 saturated heterocycles. The molecule has 2 aliphatic heterocycles. The van der Waals surface area contributed by atoms with E-state index >= 15 is 0 Å². The molecule has 0 radical (unpaired) electrons. The second-order valence-corrected chi connectivity index (χ2v) is 5.19. The first-order valence-electron chi connectivity index (χ1n) is 6.63. The van der Waals surface area contributed by atoms with Crippen molar-refractivity contribution in [3.63, 3.8) is 0 Å². The number of carbonyl (C=O) groups excluding carboxylic acids is 1. The molecule has 1 amide bonds. The average Bonchev–Trinajstić information content (AvgIpc) is 2.75. The Morgan fingerprint density at radius 3 is 2.60 bits per heavy atom. The molecule has 1 fully saturated rings. The van der Waals surface area contributed by atoms with E-state index in [0.717, 1.165) is 16.8 Å². The molecule has 20 heavy (non-hydrogen) atoms.